The van der Waals surface area contributed by atoms with Crippen molar-refractivity contribution >= 4 is 5.91 Å². The maximum absolute atomic E-state index is 11.5. The van der Waals surface area contributed by atoms with Gasteiger partial charge in [0, 0.05) is 19.6 Å². The molecule has 0 atom stereocenters. The first-order valence-electron chi connectivity index (χ1n) is 5.79. The molecule has 0 aliphatic heterocycles. The third kappa shape index (κ3) is 4.18. The molecule has 0 heterocycles. The zero-order chi connectivity index (χ0) is 11.3. The number of hydrogen-bond donors (Lipinski definition) is 2. The van der Waals surface area contributed by atoms with Gasteiger partial charge in [0.25, 0.3) is 0 Å². The van der Waals surface area contributed by atoms with Gasteiger partial charge in [-0.15, -0.1) is 0 Å². The van der Waals surface area contributed by atoms with E-state index in [9.17, 15) is 9.90 Å². The van der Waals surface area contributed by atoms with Gasteiger partial charge in [-0.2, -0.15) is 0 Å². The van der Waals surface area contributed by atoms with Gasteiger partial charge in [-0.3, -0.25) is 4.79 Å². The number of carbonyl (C=O) groups is 1. The molecule has 1 saturated carbocycles. The molecule has 0 radical (unpaired) electrons. The fourth-order valence-corrected chi connectivity index (χ4v) is 1.82. The molecule has 0 aromatic rings. The maximum Gasteiger partial charge on any atom is 0.236 e. The Balaban J connectivity index is 2.17. The van der Waals surface area contributed by atoms with Crippen molar-refractivity contribution < 1.29 is 9.90 Å². The van der Waals surface area contributed by atoms with Crippen LogP contribution in [0.2, 0.25) is 0 Å². The summed E-state index contributed by atoms with van der Waals surface area (Å²) in [5.74, 6) is 0.142. The first-order chi connectivity index (χ1) is 7.13. The fourth-order valence-electron chi connectivity index (χ4n) is 1.82. The van der Waals surface area contributed by atoms with Crippen LogP contribution in [0.25, 0.3) is 0 Å². The number of hydrogen-bond acceptors (Lipinski definition) is 3. The number of carbonyl (C=O) groups excluding carboxylic acids is 1. The van der Waals surface area contributed by atoms with Crippen molar-refractivity contribution in [2.75, 3.05) is 20.1 Å². The lowest BCUT2D eigenvalue weighted by Gasteiger charge is -2.26. The van der Waals surface area contributed by atoms with E-state index in [-0.39, 0.29) is 12.0 Å². The van der Waals surface area contributed by atoms with Crippen LogP contribution >= 0.6 is 0 Å². The third-order valence-corrected chi connectivity index (χ3v) is 3.14. The van der Waals surface area contributed by atoms with E-state index in [0.717, 1.165) is 32.2 Å². The molecule has 1 fully saturated rings. The van der Waals surface area contributed by atoms with Gasteiger partial charge in [0.15, 0.2) is 0 Å². The Morgan fingerprint density at radius 1 is 1.40 bits per heavy atom. The van der Waals surface area contributed by atoms with Crippen molar-refractivity contribution in [2.45, 2.75) is 44.8 Å². The van der Waals surface area contributed by atoms with Gasteiger partial charge < -0.3 is 15.3 Å². The summed E-state index contributed by atoms with van der Waals surface area (Å²) < 4.78 is 0. The number of aliphatic hydroxyl groups excluding tert-OH is 1. The van der Waals surface area contributed by atoms with Crippen LogP contribution in [0.3, 0.4) is 0 Å². The largest absolute Gasteiger partial charge is 0.393 e. The summed E-state index contributed by atoms with van der Waals surface area (Å²) in [6.45, 7) is 3.14. The van der Waals surface area contributed by atoms with Gasteiger partial charge >= 0.3 is 0 Å². The molecule has 0 spiro atoms. The Kier molecular flexibility index (Phi) is 5.05. The standard InChI is InChI=1S/C11H22N2O2/c1-3-13(2)11(15)8-12-9-4-6-10(14)7-5-9/h9-10,12,14H,3-8H2,1-2H3. The molecule has 1 amide bonds. The van der Waals surface area contributed by atoms with Crippen molar-refractivity contribution in [3.8, 4) is 0 Å². The highest BCUT2D eigenvalue weighted by Gasteiger charge is 2.19. The zero-order valence-electron chi connectivity index (χ0n) is 9.70. The first-order valence-corrected chi connectivity index (χ1v) is 5.79. The number of rotatable bonds is 4. The molecule has 0 bridgehead atoms. The molecule has 15 heavy (non-hydrogen) atoms. The van der Waals surface area contributed by atoms with Crippen LogP contribution < -0.4 is 5.32 Å². The number of nitrogens with zero attached hydrogens (tertiary/aromatic N) is 1. The highest BCUT2D eigenvalue weighted by molar-refractivity contribution is 5.77. The van der Waals surface area contributed by atoms with Crippen molar-refractivity contribution in [1.29, 1.82) is 0 Å². The minimum atomic E-state index is -0.128. The Morgan fingerprint density at radius 2 is 2.00 bits per heavy atom. The summed E-state index contributed by atoms with van der Waals surface area (Å²) in [4.78, 5) is 13.2. The second-order valence-electron chi connectivity index (χ2n) is 4.29. The quantitative estimate of drug-likeness (QED) is 0.710. The van der Waals surface area contributed by atoms with Gasteiger partial charge in [-0.25, -0.2) is 0 Å². The van der Waals surface area contributed by atoms with Crippen LogP contribution in [-0.4, -0.2) is 48.2 Å². The minimum Gasteiger partial charge on any atom is -0.393 e. The summed E-state index contributed by atoms with van der Waals surface area (Å²) in [6, 6.07) is 0.405. The minimum absolute atomic E-state index is 0.128. The average Bonchev–Trinajstić information content (AvgIpc) is 2.26. The lowest BCUT2D eigenvalue weighted by molar-refractivity contribution is -0.128. The van der Waals surface area contributed by atoms with E-state index in [4.69, 9.17) is 0 Å². The molecule has 0 saturated heterocycles. The molecular formula is C11H22N2O2. The summed E-state index contributed by atoms with van der Waals surface area (Å²) >= 11 is 0. The number of aliphatic hydroxyl groups is 1. The molecule has 1 rings (SSSR count). The smallest absolute Gasteiger partial charge is 0.236 e. The molecule has 0 aromatic heterocycles. The van der Waals surface area contributed by atoms with E-state index in [2.05, 4.69) is 5.32 Å². The molecule has 1 aliphatic rings. The summed E-state index contributed by atoms with van der Waals surface area (Å²) in [5, 5.41) is 12.6. The Bertz CT molecular complexity index is 201. The second-order valence-corrected chi connectivity index (χ2v) is 4.29. The zero-order valence-corrected chi connectivity index (χ0v) is 9.70. The lowest BCUT2D eigenvalue weighted by Crippen LogP contribution is -2.41. The Labute approximate surface area is 91.6 Å². The molecule has 2 N–H and O–H groups in total. The normalized spacial score (nSPS) is 26.3. The fraction of sp³-hybridized carbons (Fsp3) is 0.909. The predicted octanol–water partition coefficient (Wildman–Crippen LogP) is 0.358. The topological polar surface area (TPSA) is 52.6 Å². The second kappa shape index (κ2) is 6.08. The van der Waals surface area contributed by atoms with Gasteiger partial charge in [0.2, 0.25) is 5.91 Å². The van der Waals surface area contributed by atoms with Crippen LogP contribution in [0.4, 0.5) is 0 Å². The monoisotopic (exact) mass is 214 g/mol. The summed E-state index contributed by atoms with van der Waals surface area (Å²) in [6.07, 6.45) is 3.54. The van der Waals surface area contributed by atoms with Gasteiger partial charge in [0.1, 0.15) is 0 Å². The van der Waals surface area contributed by atoms with Crippen LogP contribution in [-0.2, 0) is 4.79 Å². The van der Waals surface area contributed by atoms with Gasteiger partial charge in [-0.1, -0.05) is 0 Å². The predicted molar refractivity (Wildman–Crippen MR) is 59.6 cm³/mol. The van der Waals surface area contributed by atoms with E-state index >= 15 is 0 Å². The van der Waals surface area contributed by atoms with E-state index < -0.39 is 0 Å². The summed E-state index contributed by atoms with van der Waals surface area (Å²) in [7, 11) is 1.81. The first kappa shape index (κ1) is 12.5. The van der Waals surface area contributed by atoms with Crippen LogP contribution in [0.15, 0.2) is 0 Å². The lowest BCUT2D eigenvalue weighted by atomic mass is 9.93. The highest BCUT2D eigenvalue weighted by atomic mass is 16.3. The summed E-state index contributed by atoms with van der Waals surface area (Å²) in [5.41, 5.74) is 0. The Morgan fingerprint density at radius 3 is 2.53 bits per heavy atom. The maximum atomic E-state index is 11.5. The van der Waals surface area contributed by atoms with Crippen LogP contribution in [0.1, 0.15) is 32.6 Å². The van der Waals surface area contributed by atoms with E-state index in [1.165, 1.54) is 0 Å². The van der Waals surface area contributed by atoms with Crippen molar-refractivity contribution in [2.24, 2.45) is 0 Å². The molecular weight excluding hydrogens is 192 g/mol. The van der Waals surface area contributed by atoms with Gasteiger partial charge in [-0.05, 0) is 32.6 Å². The highest BCUT2D eigenvalue weighted by Crippen LogP contribution is 2.17. The molecule has 88 valence electrons. The third-order valence-electron chi connectivity index (χ3n) is 3.14. The van der Waals surface area contributed by atoms with Crippen molar-refractivity contribution in [1.82, 2.24) is 10.2 Å². The van der Waals surface area contributed by atoms with Crippen molar-refractivity contribution in [3.05, 3.63) is 0 Å². The number of nitrogens with one attached hydrogen (secondary N) is 1. The molecule has 4 nitrogen and oxygen atoms in total. The van der Waals surface area contributed by atoms with Crippen LogP contribution in [0, 0.1) is 0 Å². The molecule has 1 aliphatic carbocycles. The number of amides is 1. The van der Waals surface area contributed by atoms with E-state index in [1.54, 1.807) is 4.90 Å². The van der Waals surface area contributed by atoms with Gasteiger partial charge in [0.05, 0.1) is 12.6 Å². The SMILES string of the molecule is CCN(C)C(=O)CNC1CCC(O)CC1. The molecule has 0 aromatic carbocycles. The number of likely N-dealkylation sites (N-methyl/N-ethyl adjacent to an activating group) is 1. The van der Waals surface area contributed by atoms with Crippen molar-refractivity contribution in [3.63, 3.8) is 0 Å². The Hall–Kier alpha value is -0.610. The van der Waals surface area contributed by atoms with E-state index in [0.29, 0.717) is 12.6 Å². The van der Waals surface area contributed by atoms with Crippen LogP contribution in [0.5, 0.6) is 0 Å². The molecule has 0 unspecified atom stereocenters. The van der Waals surface area contributed by atoms with E-state index in [1.807, 2.05) is 14.0 Å². The molecule has 4 heteroatoms. The average molecular weight is 214 g/mol.